The van der Waals surface area contributed by atoms with Crippen molar-refractivity contribution in [2.24, 2.45) is 12.0 Å². The van der Waals surface area contributed by atoms with Crippen LogP contribution in [-0.4, -0.2) is 44.0 Å². The highest BCUT2D eigenvalue weighted by atomic mass is 127. The Hall–Kier alpha value is -2.37. The highest BCUT2D eigenvalue weighted by Gasteiger charge is 2.08. The first-order valence-electron chi connectivity index (χ1n) is 8.20. The Labute approximate surface area is 168 Å². The van der Waals surface area contributed by atoms with Crippen LogP contribution >= 0.6 is 24.0 Å². The number of aromatic nitrogens is 5. The first-order valence-corrected chi connectivity index (χ1v) is 8.20. The summed E-state index contributed by atoms with van der Waals surface area (Å²) in [6, 6.07) is 5.60. The summed E-state index contributed by atoms with van der Waals surface area (Å²) in [4.78, 5) is 8.99. The highest BCUT2D eigenvalue weighted by molar-refractivity contribution is 14.0. The number of aryl methyl sites for hydroxylation is 1. The van der Waals surface area contributed by atoms with Gasteiger partial charge in [-0.1, -0.05) is 0 Å². The van der Waals surface area contributed by atoms with E-state index >= 15 is 0 Å². The van der Waals surface area contributed by atoms with Crippen LogP contribution in [0.1, 0.15) is 18.4 Å². The number of guanidine groups is 1. The molecule has 26 heavy (non-hydrogen) atoms. The van der Waals surface area contributed by atoms with E-state index < -0.39 is 0 Å². The molecule has 0 saturated heterocycles. The minimum Gasteiger partial charge on any atom is -0.461 e. The zero-order valence-electron chi connectivity index (χ0n) is 14.8. The van der Waals surface area contributed by atoms with Crippen LogP contribution in [0.3, 0.4) is 0 Å². The van der Waals surface area contributed by atoms with Gasteiger partial charge in [-0.05, 0) is 25.1 Å². The number of rotatable bonds is 7. The lowest BCUT2D eigenvalue weighted by Crippen LogP contribution is -2.38. The number of aromatic amines is 1. The molecule has 0 saturated carbocycles. The molecule has 3 heterocycles. The van der Waals surface area contributed by atoms with E-state index in [1.54, 1.807) is 12.5 Å². The highest BCUT2D eigenvalue weighted by Crippen LogP contribution is 2.14. The summed E-state index contributed by atoms with van der Waals surface area (Å²) in [6.45, 7) is 4.08. The molecule has 0 radical (unpaired) electrons. The van der Waals surface area contributed by atoms with Gasteiger partial charge in [-0.25, -0.2) is 9.98 Å². The summed E-state index contributed by atoms with van der Waals surface area (Å²) in [5.41, 5.74) is 1.05. The van der Waals surface area contributed by atoms with Gasteiger partial charge in [0, 0.05) is 32.8 Å². The predicted molar refractivity (Wildman–Crippen MR) is 109 cm³/mol. The third kappa shape index (κ3) is 5.31. The van der Waals surface area contributed by atoms with Crippen LogP contribution in [0.25, 0.3) is 11.6 Å². The van der Waals surface area contributed by atoms with Crippen LogP contribution < -0.4 is 10.6 Å². The van der Waals surface area contributed by atoms with Crippen LogP contribution in [0.5, 0.6) is 0 Å². The second kappa shape index (κ2) is 9.94. The zero-order chi connectivity index (χ0) is 17.5. The molecular formula is C16H23IN8O. The van der Waals surface area contributed by atoms with Gasteiger partial charge < -0.3 is 15.1 Å². The van der Waals surface area contributed by atoms with Crippen molar-refractivity contribution in [2.75, 3.05) is 13.1 Å². The van der Waals surface area contributed by atoms with E-state index in [0.29, 0.717) is 31.1 Å². The van der Waals surface area contributed by atoms with Gasteiger partial charge in [0.2, 0.25) is 5.82 Å². The van der Waals surface area contributed by atoms with E-state index in [1.165, 1.54) is 0 Å². The standard InChI is InChI=1S/C16H22N8O.HI/c1-3-17-16(19-11-12-6-9-20-24(12)2)18-8-7-14-21-15(23-22-14)13-5-4-10-25-13;/h4-6,9-10H,3,7-8,11H2,1-2H3,(H2,17,18,19)(H,21,22,23);1H. The lowest BCUT2D eigenvalue weighted by molar-refractivity contribution is 0.577. The fourth-order valence-corrected chi connectivity index (χ4v) is 2.28. The lowest BCUT2D eigenvalue weighted by Gasteiger charge is -2.10. The largest absolute Gasteiger partial charge is 0.461 e. The van der Waals surface area contributed by atoms with Crippen molar-refractivity contribution in [2.45, 2.75) is 19.9 Å². The summed E-state index contributed by atoms with van der Waals surface area (Å²) in [7, 11) is 1.91. The van der Waals surface area contributed by atoms with Crippen LogP contribution in [0, 0.1) is 0 Å². The van der Waals surface area contributed by atoms with Gasteiger partial charge in [0.1, 0.15) is 5.82 Å². The van der Waals surface area contributed by atoms with Crippen molar-refractivity contribution in [3.8, 4) is 11.6 Å². The molecule has 3 aromatic rings. The minimum atomic E-state index is 0. The summed E-state index contributed by atoms with van der Waals surface area (Å²) >= 11 is 0. The Kier molecular flexibility index (Phi) is 7.63. The van der Waals surface area contributed by atoms with Gasteiger partial charge in [-0.2, -0.15) is 10.2 Å². The van der Waals surface area contributed by atoms with E-state index in [2.05, 4.69) is 35.9 Å². The molecule has 9 nitrogen and oxygen atoms in total. The van der Waals surface area contributed by atoms with Crippen molar-refractivity contribution in [3.63, 3.8) is 0 Å². The van der Waals surface area contributed by atoms with E-state index in [-0.39, 0.29) is 24.0 Å². The molecule has 140 valence electrons. The molecule has 0 aliphatic rings. The third-order valence-corrected chi connectivity index (χ3v) is 3.59. The molecule has 3 N–H and O–H groups in total. The summed E-state index contributed by atoms with van der Waals surface area (Å²) in [5, 5.41) is 17.8. The van der Waals surface area contributed by atoms with Gasteiger partial charge in [0.05, 0.1) is 18.5 Å². The molecule has 0 spiro atoms. The maximum absolute atomic E-state index is 5.29. The lowest BCUT2D eigenvalue weighted by atomic mass is 10.4. The molecule has 3 rings (SSSR count). The van der Waals surface area contributed by atoms with Gasteiger partial charge in [0.15, 0.2) is 11.7 Å². The smallest absolute Gasteiger partial charge is 0.216 e. The Morgan fingerprint density at radius 3 is 2.92 bits per heavy atom. The quantitative estimate of drug-likeness (QED) is 0.276. The fourth-order valence-electron chi connectivity index (χ4n) is 2.28. The van der Waals surface area contributed by atoms with Crippen molar-refractivity contribution in [1.82, 2.24) is 35.6 Å². The summed E-state index contributed by atoms with van der Waals surface area (Å²) < 4.78 is 7.10. The van der Waals surface area contributed by atoms with Crippen LogP contribution in [-0.2, 0) is 20.0 Å². The maximum atomic E-state index is 5.29. The van der Waals surface area contributed by atoms with E-state index in [9.17, 15) is 0 Å². The number of furan rings is 1. The van der Waals surface area contributed by atoms with Gasteiger partial charge in [0.25, 0.3) is 0 Å². The molecule has 0 aliphatic carbocycles. The molecule has 0 amide bonds. The van der Waals surface area contributed by atoms with Crippen molar-refractivity contribution in [1.29, 1.82) is 0 Å². The first-order chi connectivity index (χ1) is 12.3. The molecule has 10 heteroatoms. The van der Waals surface area contributed by atoms with E-state index in [0.717, 1.165) is 24.0 Å². The van der Waals surface area contributed by atoms with Crippen LogP contribution in [0.15, 0.2) is 40.1 Å². The van der Waals surface area contributed by atoms with E-state index in [4.69, 9.17) is 4.42 Å². The van der Waals surface area contributed by atoms with Gasteiger partial charge in [-0.3, -0.25) is 9.78 Å². The molecule has 0 atom stereocenters. The normalized spacial score (nSPS) is 11.2. The predicted octanol–water partition coefficient (Wildman–Crippen LogP) is 1.71. The topological polar surface area (TPSA) is 109 Å². The average molecular weight is 470 g/mol. The zero-order valence-corrected chi connectivity index (χ0v) is 17.1. The van der Waals surface area contributed by atoms with Crippen LogP contribution in [0.2, 0.25) is 0 Å². The van der Waals surface area contributed by atoms with Crippen molar-refractivity contribution >= 4 is 29.9 Å². The van der Waals surface area contributed by atoms with E-state index in [1.807, 2.05) is 36.9 Å². The fraction of sp³-hybridized carbons (Fsp3) is 0.375. The molecule has 0 aliphatic heterocycles. The molecule has 0 bridgehead atoms. The Balaban J connectivity index is 0.00000243. The maximum Gasteiger partial charge on any atom is 0.216 e. The molecule has 3 aromatic heterocycles. The third-order valence-electron chi connectivity index (χ3n) is 3.59. The number of hydrogen-bond donors (Lipinski definition) is 3. The average Bonchev–Trinajstić information content (AvgIpc) is 3.34. The van der Waals surface area contributed by atoms with Gasteiger partial charge >= 0.3 is 0 Å². The van der Waals surface area contributed by atoms with Crippen molar-refractivity contribution < 1.29 is 4.42 Å². The second-order valence-corrected chi connectivity index (χ2v) is 5.40. The Bertz CT molecular complexity index is 808. The summed E-state index contributed by atoms with van der Waals surface area (Å²) in [6.07, 6.45) is 4.07. The Morgan fingerprint density at radius 1 is 1.35 bits per heavy atom. The summed E-state index contributed by atoms with van der Waals surface area (Å²) in [5.74, 6) is 2.77. The number of nitrogens with one attached hydrogen (secondary N) is 3. The van der Waals surface area contributed by atoms with Crippen LogP contribution in [0.4, 0.5) is 0 Å². The molecule has 0 unspecified atom stereocenters. The first kappa shape index (κ1) is 19.9. The number of nitrogens with zero attached hydrogens (tertiary/aromatic N) is 5. The Morgan fingerprint density at radius 2 is 2.23 bits per heavy atom. The number of aliphatic imine (C=N–C) groups is 1. The molecule has 0 aromatic carbocycles. The van der Waals surface area contributed by atoms with Gasteiger partial charge in [-0.15, -0.1) is 24.0 Å². The monoisotopic (exact) mass is 470 g/mol. The number of hydrogen-bond acceptors (Lipinski definition) is 5. The molecule has 0 fully saturated rings. The minimum absolute atomic E-state index is 0. The SMILES string of the molecule is CCNC(=NCc1ccnn1C)NCCc1nc(-c2ccco2)n[nH]1.I. The number of halogens is 1. The van der Waals surface area contributed by atoms with Crippen molar-refractivity contribution in [3.05, 3.63) is 42.2 Å². The number of H-pyrrole nitrogens is 1. The molecular weight excluding hydrogens is 447 g/mol. The second-order valence-electron chi connectivity index (χ2n) is 5.40.